The van der Waals surface area contributed by atoms with Crippen LogP contribution in [-0.2, 0) is 20.7 Å². The van der Waals surface area contributed by atoms with E-state index in [1.165, 1.54) is 12.0 Å². The molecule has 34 heavy (non-hydrogen) atoms. The van der Waals surface area contributed by atoms with Gasteiger partial charge in [0.05, 0.1) is 42.7 Å². The SMILES string of the molecule is COC(=O)[C@H]1CCCC[C@H]1C(=O)N1CCc2ccccc2C1CN1C(=O)c2ccccc2C1=O. The third-order valence-electron chi connectivity index (χ3n) is 7.52. The van der Waals surface area contributed by atoms with E-state index < -0.39 is 17.9 Å². The highest BCUT2D eigenvalue weighted by Crippen LogP contribution is 2.38. The Balaban J connectivity index is 1.48. The van der Waals surface area contributed by atoms with E-state index in [2.05, 4.69) is 0 Å². The Hall–Kier alpha value is -3.48. The van der Waals surface area contributed by atoms with E-state index in [0.717, 1.165) is 24.0 Å². The molecule has 0 bridgehead atoms. The molecule has 2 aliphatic heterocycles. The van der Waals surface area contributed by atoms with Gasteiger partial charge in [0.1, 0.15) is 0 Å². The number of carbonyl (C=O) groups is 4. The topological polar surface area (TPSA) is 84.0 Å². The maximum Gasteiger partial charge on any atom is 0.309 e. The zero-order chi connectivity index (χ0) is 23.8. The van der Waals surface area contributed by atoms with Crippen molar-refractivity contribution < 1.29 is 23.9 Å². The summed E-state index contributed by atoms with van der Waals surface area (Å²) in [6.07, 6.45) is 3.74. The van der Waals surface area contributed by atoms with E-state index in [4.69, 9.17) is 4.74 Å². The number of esters is 1. The van der Waals surface area contributed by atoms with Gasteiger partial charge in [0, 0.05) is 6.54 Å². The van der Waals surface area contributed by atoms with Crippen molar-refractivity contribution in [2.24, 2.45) is 11.8 Å². The average Bonchev–Trinajstić information content (AvgIpc) is 3.13. The van der Waals surface area contributed by atoms with Crippen LogP contribution in [0.5, 0.6) is 0 Å². The summed E-state index contributed by atoms with van der Waals surface area (Å²) in [5, 5.41) is 0. The van der Waals surface area contributed by atoms with Crippen molar-refractivity contribution in [3.05, 3.63) is 70.8 Å². The number of fused-ring (bicyclic) bond motifs is 2. The third kappa shape index (κ3) is 3.69. The molecule has 3 atom stereocenters. The molecule has 5 rings (SSSR count). The second-order valence-corrected chi connectivity index (χ2v) is 9.28. The lowest BCUT2D eigenvalue weighted by atomic mass is 9.77. The van der Waals surface area contributed by atoms with Crippen LogP contribution in [0.1, 0.15) is 63.6 Å². The molecule has 1 saturated carbocycles. The standard InChI is InChI=1S/C27H28N2O5/c1-34-27(33)22-13-7-6-12-21(22)24(30)28-15-14-17-8-2-3-9-18(17)23(28)16-29-25(31)19-10-4-5-11-20(19)26(29)32/h2-5,8-11,21-23H,6-7,12-16H2,1H3/t21-,22+,23?/m1/s1. The van der Waals surface area contributed by atoms with Crippen molar-refractivity contribution in [2.45, 2.75) is 38.1 Å². The van der Waals surface area contributed by atoms with Gasteiger partial charge in [-0.25, -0.2) is 0 Å². The number of methoxy groups -OCH3 is 1. The zero-order valence-corrected chi connectivity index (χ0v) is 19.2. The van der Waals surface area contributed by atoms with Gasteiger partial charge in [-0.1, -0.05) is 49.2 Å². The molecule has 7 heteroatoms. The van der Waals surface area contributed by atoms with Crippen molar-refractivity contribution in [3.8, 4) is 0 Å². The fourth-order valence-electron chi connectivity index (χ4n) is 5.76. The molecule has 1 aliphatic carbocycles. The number of benzene rings is 2. The van der Waals surface area contributed by atoms with Crippen LogP contribution >= 0.6 is 0 Å². The summed E-state index contributed by atoms with van der Waals surface area (Å²) >= 11 is 0. The first-order valence-electron chi connectivity index (χ1n) is 11.9. The summed E-state index contributed by atoms with van der Waals surface area (Å²) in [6.45, 7) is 0.568. The zero-order valence-electron chi connectivity index (χ0n) is 19.2. The summed E-state index contributed by atoms with van der Waals surface area (Å²) in [5.41, 5.74) is 2.85. The minimum absolute atomic E-state index is 0.0880. The molecule has 2 aromatic rings. The molecule has 3 amide bonds. The summed E-state index contributed by atoms with van der Waals surface area (Å²) in [5.74, 6) is -2.00. The Morgan fingerprint density at radius 1 is 0.912 bits per heavy atom. The Morgan fingerprint density at radius 3 is 2.21 bits per heavy atom. The lowest BCUT2D eigenvalue weighted by molar-refractivity contribution is -0.156. The summed E-state index contributed by atoms with van der Waals surface area (Å²) < 4.78 is 5.00. The molecule has 2 aromatic carbocycles. The van der Waals surface area contributed by atoms with Crippen LogP contribution in [0, 0.1) is 11.8 Å². The third-order valence-corrected chi connectivity index (χ3v) is 7.52. The van der Waals surface area contributed by atoms with Gasteiger partial charge < -0.3 is 9.64 Å². The Kier molecular flexibility index (Phi) is 5.94. The van der Waals surface area contributed by atoms with E-state index in [-0.39, 0.29) is 30.2 Å². The lowest BCUT2D eigenvalue weighted by Gasteiger charge is -2.42. The van der Waals surface area contributed by atoms with Crippen molar-refractivity contribution >= 4 is 23.7 Å². The van der Waals surface area contributed by atoms with Crippen LogP contribution < -0.4 is 0 Å². The second kappa shape index (κ2) is 9.05. The molecule has 7 nitrogen and oxygen atoms in total. The molecule has 1 fully saturated rings. The minimum Gasteiger partial charge on any atom is -0.469 e. The normalized spacial score (nSPS) is 24.0. The molecule has 1 unspecified atom stereocenters. The number of rotatable bonds is 4. The van der Waals surface area contributed by atoms with E-state index in [0.29, 0.717) is 36.9 Å². The second-order valence-electron chi connectivity index (χ2n) is 9.28. The van der Waals surface area contributed by atoms with Crippen molar-refractivity contribution in [2.75, 3.05) is 20.2 Å². The van der Waals surface area contributed by atoms with Gasteiger partial charge in [-0.15, -0.1) is 0 Å². The first kappa shape index (κ1) is 22.3. The van der Waals surface area contributed by atoms with Gasteiger partial charge in [0.25, 0.3) is 11.8 Å². The first-order valence-corrected chi connectivity index (χ1v) is 11.9. The highest BCUT2D eigenvalue weighted by atomic mass is 16.5. The molecule has 0 saturated heterocycles. The van der Waals surface area contributed by atoms with Crippen molar-refractivity contribution in [1.29, 1.82) is 0 Å². The van der Waals surface area contributed by atoms with Crippen molar-refractivity contribution in [3.63, 3.8) is 0 Å². The molecule has 176 valence electrons. The Bertz CT molecular complexity index is 1120. The number of nitrogens with zero attached hydrogens (tertiary/aromatic N) is 2. The fraction of sp³-hybridized carbons (Fsp3) is 0.407. The summed E-state index contributed by atoms with van der Waals surface area (Å²) in [7, 11) is 1.36. The number of hydrogen-bond donors (Lipinski definition) is 0. The number of imide groups is 1. The van der Waals surface area contributed by atoms with Gasteiger partial charge in [-0.3, -0.25) is 24.1 Å². The Morgan fingerprint density at radius 2 is 1.53 bits per heavy atom. The average molecular weight is 461 g/mol. The van der Waals surface area contributed by atoms with E-state index in [1.54, 1.807) is 29.2 Å². The number of hydrogen-bond acceptors (Lipinski definition) is 5. The highest BCUT2D eigenvalue weighted by molar-refractivity contribution is 6.21. The van der Waals surface area contributed by atoms with Crippen LogP contribution in [0.25, 0.3) is 0 Å². The van der Waals surface area contributed by atoms with E-state index >= 15 is 0 Å². The van der Waals surface area contributed by atoms with Gasteiger partial charge in [-0.05, 0) is 42.5 Å². The summed E-state index contributed by atoms with van der Waals surface area (Å²) in [4.78, 5) is 55.6. The predicted octanol–water partition coefficient (Wildman–Crippen LogP) is 3.39. The van der Waals surface area contributed by atoms with E-state index in [1.807, 2.05) is 24.3 Å². The molecule has 0 spiro atoms. The minimum atomic E-state index is -0.458. The van der Waals surface area contributed by atoms with Gasteiger partial charge in [-0.2, -0.15) is 0 Å². The van der Waals surface area contributed by atoms with Crippen LogP contribution in [0.3, 0.4) is 0 Å². The van der Waals surface area contributed by atoms with Gasteiger partial charge >= 0.3 is 5.97 Å². The van der Waals surface area contributed by atoms with Crippen LogP contribution in [0.4, 0.5) is 0 Å². The largest absolute Gasteiger partial charge is 0.469 e. The number of carbonyl (C=O) groups excluding carboxylic acids is 4. The van der Waals surface area contributed by atoms with Gasteiger partial charge in [0.2, 0.25) is 5.91 Å². The number of ether oxygens (including phenoxy) is 1. The van der Waals surface area contributed by atoms with Crippen LogP contribution in [-0.4, -0.2) is 53.7 Å². The van der Waals surface area contributed by atoms with Crippen molar-refractivity contribution in [1.82, 2.24) is 9.80 Å². The quantitative estimate of drug-likeness (QED) is 0.516. The first-order chi connectivity index (χ1) is 16.5. The molecule has 2 heterocycles. The lowest BCUT2D eigenvalue weighted by Crippen LogP contribution is -2.50. The Labute approximate surface area is 198 Å². The summed E-state index contributed by atoms with van der Waals surface area (Å²) in [6, 6.07) is 14.2. The molecular formula is C27H28N2O5. The maximum atomic E-state index is 13.9. The smallest absolute Gasteiger partial charge is 0.309 e. The highest BCUT2D eigenvalue weighted by Gasteiger charge is 2.44. The molecular weight excluding hydrogens is 432 g/mol. The van der Waals surface area contributed by atoms with Crippen LogP contribution in [0.2, 0.25) is 0 Å². The monoisotopic (exact) mass is 460 g/mol. The van der Waals surface area contributed by atoms with E-state index in [9.17, 15) is 19.2 Å². The molecule has 3 aliphatic rings. The van der Waals surface area contributed by atoms with Crippen LogP contribution in [0.15, 0.2) is 48.5 Å². The number of amides is 3. The predicted molar refractivity (Wildman–Crippen MR) is 124 cm³/mol. The molecule has 0 radical (unpaired) electrons. The fourth-order valence-corrected chi connectivity index (χ4v) is 5.76. The van der Waals surface area contributed by atoms with Gasteiger partial charge in [0.15, 0.2) is 0 Å². The maximum absolute atomic E-state index is 13.9. The molecule has 0 aromatic heterocycles. The molecule has 0 N–H and O–H groups in total.